The molecule has 0 saturated carbocycles. The predicted molar refractivity (Wildman–Crippen MR) is 80.9 cm³/mol. The topological polar surface area (TPSA) is 67.8 Å². The molecule has 0 spiro atoms. The van der Waals surface area contributed by atoms with Gasteiger partial charge >= 0.3 is 0 Å². The molecule has 2 aromatic rings. The van der Waals surface area contributed by atoms with Gasteiger partial charge in [0.05, 0.1) is 17.3 Å². The van der Waals surface area contributed by atoms with Crippen LogP contribution >= 0.6 is 0 Å². The van der Waals surface area contributed by atoms with E-state index in [1.807, 2.05) is 32.9 Å². The highest BCUT2D eigenvalue weighted by Crippen LogP contribution is 2.15. The lowest BCUT2D eigenvalue weighted by molar-refractivity contribution is 0.0934. The highest BCUT2D eigenvalue weighted by Gasteiger charge is 2.15. The number of nitrogens with zero attached hydrogens (tertiary/aromatic N) is 3. The van der Waals surface area contributed by atoms with Gasteiger partial charge in [0.1, 0.15) is 5.82 Å². The van der Waals surface area contributed by atoms with Crippen LogP contribution in [-0.2, 0) is 6.42 Å². The van der Waals surface area contributed by atoms with Crippen molar-refractivity contribution in [1.82, 2.24) is 20.3 Å². The van der Waals surface area contributed by atoms with Crippen molar-refractivity contribution in [2.45, 2.75) is 39.7 Å². The molecule has 1 amide bonds. The molecule has 0 unspecified atom stereocenters. The average Bonchev–Trinajstić information content (AvgIpc) is 2.52. The van der Waals surface area contributed by atoms with Crippen LogP contribution in [0.15, 0.2) is 30.7 Å². The molecule has 0 bridgehead atoms. The summed E-state index contributed by atoms with van der Waals surface area (Å²) in [5.74, 6) is 0.562. The Bertz CT molecular complexity index is 610. The summed E-state index contributed by atoms with van der Waals surface area (Å²) in [5, 5.41) is 2.98. The van der Waals surface area contributed by atoms with Gasteiger partial charge in [-0.2, -0.15) is 0 Å². The first-order valence-electron chi connectivity index (χ1n) is 7.18. The molecule has 21 heavy (non-hydrogen) atoms. The molecule has 2 heterocycles. The molecule has 0 aliphatic rings. The van der Waals surface area contributed by atoms with Crippen LogP contribution in [0.5, 0.6) is 0 Å². The molecule has 5 heteroatoms. The molecular formula is C16H20N4O. The van der Waals surface area contributed by atoms with Crippen molar-refractivity contribution in [2.24, 2.45) is 0 Å². The lowest BCUT2D eigenvalue weighted by atomic mass is 10.1. The molecule has 2 aromatic heterocycles. The summed E-state index contributed by atoms with van der Waals surface area (Å²) in [6.45, 7) is 6.01. The van der Waals surface area contributed by atoms with Gasteiger partial charge in [-0.3, -0.25) is 9.78 Å². The number of carbonyl (C=O) groups excluding carboxylic acids is 1. The van der Waals surface area contributed by atoms with Gasteiger partial charge < -0.3 is 5.32 Å². The van der Waals surface area contributed by atoms with Crippen LogP contribution in [0.3, 0.4) is 0 Å². The zero-order valence-electron chi connectivity index (χ0n) is 12.6. The van der Waals surface area contributed by atoms with Crippen LogP contribution in [0.1, 0.15) is 53.7 Å². The Morgan fingerprint density at radius 3 is 2.52 bits per heavy atom. The van der Waals surface area contributed by atoms with Crippen LogP contribution in [0.2, 0.25) is 0 Å². The number of rotatable bonds is 5. The quantitative estimate of drug-likeness (QED) is 0.916. The molecule has 0 aliphatic carbocycles. The van der Waals surface area contributed by atoms with Crippen LogP contribution in [0.25, 0.3) is 0 Å². The highest BCUT2D eigenvalue weighted by molar-refractivity contribution is 5.93. The van der Waals surface area contributed by atoms with E-state index in [0.29, 0.717) is 5.56 Å². The lowest BCUT2D eigenvalue weighted by Crippen LogP contribution is -2.29. The number of carbonyl (C=O) groups is 1. The minimum absolute atomic E-state index is 0.108. The zero-order valence-corrected chi connectivity index (χ0v) is 12.6. The molecule has 0 aromatic carbocycles. The number of aromatic nitrogens is 3. The molecule has 0 saturated heterocycles. The third-order valence-electron chi connectivity index (χ3n) is 3.29. The minimum Gasteiger partial charge on any atom is -0.344 e. The fourth-order valence-corrected chi connectivity index (χ4v) is 2.03. The van der Waals surface area contributed by atoms with Crippen molar-refractivity contribution in [3.63, 3.8) is 0 Å². The Hall–Kier alpha value is -2.30. The van der Waals surface area contributed by atoms with Crippen LogP contribution in [0.4, 0.5) is 0 Å². The van der Waals surface area contributed by atoms with Crippen molar-refractivity contribution in [2.75, 3.05) is 0 Å². The van der Waals surface area contributed by atoms with E-state index in [-0.39, 0.29) is 11.9 Å². The Kier molecular flexibility index (Phi) is 4.98. The van der Waals surface area contributed by atoms with E-state index in [1.54, 1.807) is 18.6 Å². The van der Waals surface area contributed by atoms with Crippen molar-refractivity contribution in [1.29, 1.82) is 0 Å². The van der Waals surface area contributed by atoms with Crippen LogP contribution in [0, 0.1) is 6.92 Å². The minimum atomic E-state index is -0.173. The fraction of sp³-hybridized carbons (Fsp3) is 0.375. The first kappa shape index (κ1) is 15.1. The largest absolute Gasteiger partial charge is 0.344 e. The second-order valence-corrected chi connectivity index (χ2v) is 4.93. The van der Waals surface area contributed by atoms with E-state index in [0.717, 1.165) is 29.9 Å². The molecule has 1 N–H and O–H groups in total. The van der Waals surface area contributed by atoms with Gasteiger partial charge in [0, 0.05) is 25.0 Å². The van der Waals surface area contributed by atoms with Crippen molar-refractivity contribution in [3.05, 3.63) is 53.4 Å². The summed E-state index contributed by atoms with van der Waals surface area (Å²) in [6, 6.07) is 3.82. The fourth-order valence-electron chi connectivity index (χ4n) is 2.03. The predicted octanol–water partition coefficient (Wildman–Crippen LogP) is 2.62. The summed E-state index contributed by atoms with van der Waals surface area (Å²) < 4.78 is 0. The Labute approximate surface area is 124 Å². The third-order valence-corrected chi connectivity index (χ3v) is 3.29. The molecule has 110 valence electrons. The van der Waals surface area contributed by atoms with E-state index in [9.17, 15) is 4.79 Å². The SMILES string of the molecule is CCc1ncc(C(=O)N[C@@H](CC)c2cc(C)ccn2)cn1. The first-order chi connectivity index (χ1) is 10.1. The second kappa shape index (κ2) is 6.92. The Balaban J connectivity index is 2.12. The van der Waals surface area contributed by atoms with E-state index in [4.69, 9.17) is 0 Å². The van der Waals surface area contributed by atoms with Crippen molar-refractivity contribution in [3.8, 4) is 0 Å². The van der Waals surface area contributed by atoms with Crippen molar-refractivity contribution < 1.29 is 4.79 Å². The summed E-state index contributed by atoms with van der Waals surface area (Å²) in [7, 11) is 0. The van der Waals surface area contributed by atoms with Gasteiger partial charge in [-0.25, -0.2) is 9.97 Å². The molecule has 5 nitrogen and oxygen atoms in total. The normalized spacial score (nSPS) is 12.0. The van der Waals surface area contributed by atoms with Crippen LogP contribution in [-0.4, -0.2) is 20.9 Å². The monoisotopic (exact) mass is 284 g/mol. The zero-order chi connectivity index (χ0) is 15.2. The van der Waals surface area contributed by atoms with Gasteiger partial charge in [0.2, 0.25) is 0 Å². The summed E-state index contributed by atoms with van der Waals surface area (Å²) >= 11 is 0. The summed E-state index contributed by atoms with van der Waals surface area (Å²) in [6.07, 6.45) is 6.43. The maximum absolute atomic E-state index is 12.3. The van der Waals surface area contributed by atoms with Crippen LogP contribution < -0.4 is 5.32 Å². The Morgan fingerprint density at radius 2 is 1.95 bits per heavy atom. The maximum atomic E-state index is 12.3. The highest BCUT2D eigenvalue weighted by atomic mass is 16.1. The van der Waals surface area contributed by atoms with E-state index >= 15 is 0 Å². The van der Waals surface area contributed by atoms with E-state index < -0.39 is 0 Å². The van der Waals surface area contributed by atoms with Gasteiger partial charge in [0.25, 0.3) is 5.91 Å². The summed E-state index contributed by atoms with van der Waals surface area (Å²) in [4.78, 5) is 24.9. The average molecular weight is 284 g/mol. The second-order valence-electron chi connectivity index (χ2n) is 4.93. The first-order valence-corrected chi connectivity index (χ1v) is 7.18. The standard InChI is InChI=1S/C16H20N4O/c1-4-13(14-8-11(3)6-7-17-14)20-16(21)12-9-18-15(5-2)19-10-12/h6-10,13H,4-5H2,1-3H3,(H,20,21)/t13-/m0/s1. The maximum Gasteiger partial charge on any atom is 0.254 e. The third kappa shape index (κ3) is 3.84. The van der Waals surface area contributed by atoms with E-state index in [1.165, 1.54) is 0 Å². The Morgan fingerprint density at radius 1 is 1.24 bits per heavy atom. The van der Waals surface area contributed by atoms with E-state index in [2.05, 4.69) is 20.3 Å². The number of aryl methyl sites for hydroxylation is 2. The number of hydrogen-bond acceptors (Lipinski definition) is 4. The number of amides is 1. The molecule has 1 atom stereocenters. The van der Waals surface area contributed by atoms with Gasteiger partial charge in [0.15, 0.2) is 0 Å². The van der Waals surface area contributed by atoms with Crippen molar-refractivity contribution >= 4 is 5.91 Å². The number of hydrogen-bond donors (Lipinski definition) is 1. The summed E-state index contributed by atoms with van der Waals surface area (Å²) in [5.41, 5.74) is 2.47. The molecule has 0 fully saturated rings. The van der Waals surface area contributed by atoms with Gasteiger partial charge in [-0.1, -0.05) is 13.8 Å². The number of nitrogens with one attached hydrogen (secondary N) is 1. The molecule has 0 aliphatic heterocycles. The molecule has 0 radical (unpaired) electrons. The van der Waals surface area contributed by atoms with Gasteiger partial charge in [-0.15, -0.1) is 0 Å². The molecular weight excluding hydrogens is 264 g/mol. The smallest absolute Gasteiger partial charge is 0.254 e. The lowest BCUT2D eigenvalue weighted by Gasteiger charge is -2.16. The van der Waals surface area contributed by atoms with Gasteiger partial charge in [-0.05, 0) is 31.0 Å². The molecule has 2 rings (SSSR count). The number of pyridine rings is 1.